The van der Waals surface area contributed by atoms with Crippen molar-refractivity contribution in [1.82, 2.24) is 10.6 Å². The SMILES string of the molecule is O=C(NCC1CCCCC1)c1ccc(CNc2c(Cl)ccc3c2CCNCC3)cc1F. The van der Waals surface area contributed by atoms with Crippen LogP contribution in [0.4, 0.5) is 10.1 Å². The van der Waals surface area contributed by atoms with E-state index in [0.29, 0.717) is 24.0 Å². The fourth-order valence-electron chi connectivity index (χ4n) is 4.70. The number of carbonyl (C=O) groups is 1. The Morgan fingerprint density at radius 3 is 2.71 bits per heavy atom. The monoisotopic (exact) mass is 443 g/mol. The van der Waals surface area contributed by atoms with E-state index in [2.05, 4.69) is 22.0 Å². The molecule has 1 heterocycles. The second kappa shape index (κ2) is 10.5. The second-order valence-corrected chi connectivity index (χ2v) is 9.10. The smallest absolute Gasteiger partial charge is 0.254 e. The number of fused-ring (bicyclic) bond motifs is 1. The maximum Gasteiger partial charge on any atom is 0.254 e. The first-order valence-corrected chi connectivity index (χ1v) is 11.8. The van der Waals surface area contributed by atoms with E-state index in [1.54, 1.807) is 6.07 Å². The third-order valence-corrected chi connectivity index (χ3v) is 6.82. The maximum absolute atomic E-state index is 14.7. The van der Waals surface area contributed by atoms with Crippen molar-refractivity contribution in [1.29, 1.82) is 0 Å². The quantitative estimate of drug-likeness (QED) is 0.582. The zero-order chi connectivity index (χ0) is 21.6. The van der Waals surface area contributed by atoms with E-state index in [4.69, 9.17) is 11.6 Å². The van der Waals surface area contributed by atoms with Crippen molar-refractivity contribution in [2.75, 3.05) is 25.0 Å². The number of benzene rings is 2. The molecule has 0 unspecified atom stereocenters. The van der Waals surface area contributed by atoms with Gasteiger partial charge in [-0.05, 0) is 79.6 Å². The molecule has 1 fully saturated rings. The summed E-state index contributed by atoms with van der Waals surface area (Å²) in [6.45, 7) is 2.96. The Balaban J connectivity index is 1.39. The Morgan fingerprint density at radius 2 is 1.90 bits per heavy atom. The molecule has 0 bridgehead atoms. The highest BCUT2D eigenvalue weighted by molar-refractivity contribution is 6.33. The number of hydrogen-bond donors (Lipinski definition) is 3. The van der Waals surface area contributed by atoms with Crippen LogP contribution in [0.15, 0.2) is 30.3 Å². The van der Waals surface area contributed by atoms with Gasteiger partial charge < -0.3 is 16.0 Å². The number of amides is 1. The summed E-state index contributed by atoms with van der Waals surface area (Å²) in [5.41, 5.74) is 4.35. The Bertz CT molecular complexity index is 927. The van der Waals surface area contributed by atoms with Gasteiger partial charge in [0.25, 0.3) is 5.91 Å². The Hall–Kier alpha value is -2.11. The van der Waals surface area contributed by atoms with Crippen molar-refractivity contribution in [2.45, 2.75) is 51.5 Å². The minimum absolute atomic E-state index is 0.109. The van der Waals surface area contributed by atoms with Gasteiger partial charge in [-0.15, -0.1) is 0 Å². The zero-order valence-electron chi connectivity index (χ0n) is 17.9. The highest BCUT2D eigenvalue weighted by atomic mass is 35.5. The average molecular weight is 444 g/mol. The van der Waals surface area contributed by atoms with Gasteiger partial charge in [0.05, 0.1) is 16.3 Å². The first kappa shape index (κ1) is 22.1. The van der Waals surface area contributed by atoms with Gasteiger partial charge in [-0.1, -0.05) is 43.0 Å². The van der Waals surface area contributed by atoms with E-state index in [1.165, 1.54) is 36.5 Å². The molecular weight excluding hydrogens is 413 g/mol. The Kier molecular flexibility index (Phi) is 7.46. The van der Waals surface area contributed by atoms with E-state index in [1.807, 2.05) is 12.1 Å². The van der Waals surface area contributed by atoms with Crippen molar-refractivity contribution in [3.63, 3.8) is 0 Å². The van der Waals surface area contributed by atoms with Gasteiger partial charge in [0.1, 0.15) is 5.82 Å². The van der Waals surface area contributed by atoms with Crippen LogP contribution in [0.5, 0.6) is 0 Å². The summed E-state index contributed by atoms with van der Waals surface area (Å²) in [7, 11) is 0. The first-order chi connectivity index (χ1) is 15.1. The fraction of sp³-hybridized carbons (Fsp3) is 0.480. The van der Waals surface area contributed by atoms with E-state index in [9.17, 15) is 9.18 Å². The van der Waals surface area contributed by atoms with Crippen LogP contribution in [0.2, 0.25) is 5.02 Å². The van der Waals surface area contributed by atoms with Crippen LogP contribution in [0.25, 0.3) is 0 Å². The van der Waals surface area contributed by atoms with Crippen molar-refractivity contribution in [3.8, 4) is 0 Å². The van der Waals surface area contributed by atoms with Gasteiger partial charge in [0.15, 0.2) is 0 Å². The van der Waals surface area contributed by atoms with Crippen LogP contribution < -0.4 is 16.0 Å². The van der Waals surface area contributed by atoms with Gasteiger partial charge in [-0.25, -0.2) is 4.39 Å². The van der Waals surface area contributed by atoms with Crippen LogP contribution in [0.3, 0.4) is 0 Å². The molecule has 0 radical (unpaired) electrons. The maximum atomic E-state index is 14.7. The molecule has 0 spiro atoms. The van der Waals surface area contributed by atoms with Crippen molar-refractivity contribution in [3.05, 3.63) is 63.4 Å². The lowest BCUT2D eigenvalue weighted by molar-refractivity contribution is 0.0939. The molecule has 4 rings (SSSR count). The van der Waals surface area contributed by atoms with Gasteiger partial charge in [-0.3, -0.25) is 4.79 Å². The number of anilines is 1. The highest BCUT2D eigenvalue weighted by Crippen LogP contribution is 2.31. The Morgan fingerprint density at radius 1 is 1.10 bits per heavy atom. The predicted molar refractivity (Wildman–Crippen MR) is 124 cm³/mol. The lowest BCUT2D eigenvalue weighted by Crippen LogP contribution is -2.30. The summed E-state index contributed by atoms with van der Waals surface area (Å²) in [4.78, 5) is 12.4. The number of rotatable bonds is 6. The lowest BCUT2D eigenvalue weighted by atomic mass is 9.89. The third-order valence-electron chi connectivity index (χ3n) is 6.51. The van der Waals surface area contributed by atoms with Crippen molar-refractivity contribution in [2.24, 2.45) is 5.92 Å². The Labute approximate surface area is 189 Å². The van der Waals surface area contributed by atoms with E-state index < -0.39 is 5.82 Å². The lowest BCUT2D eigenvalue weighted by Gasteiger charge is -2.21. The molecule has 0 aromatic heterocycles. The summed E-state index contributed by atoms with van der Waals surface area (Å²) in [6.07, 6.45) is 7.91. The second-order valence-electron chi connectivity index (χ2n) is 8.69. The molecular formula is C25H31ClFN3O. The zero-order valence-corrected chi connectivity index (χ0v) is 18.7. The van der Waals surface area contributed by atoms with Crippen LogP contribution in [-0.2, 0) is 19.4 Å². The van der Waals surface area contributed by atoms with Crippen LogP contribution in [0.1, 0.15) is 59.2 Å². The molecule has 2 aliphatic rings. The summed E-state index contributed by atoms with van der Waals surface area (Å²) in [5, 5.41) is 10.4. The first-order valence-electron chi connectivity index (χ1n) is 11.4. The summed E-state index contributed by atoms with van der Waals surface area (Å²) in [5.74, 6) is -0.292. The van der Waals surface area contributed by atoms with Crippen LogP contribution >= 0.6 is 11.6 Å². The molecule has 2 aromatic carbocycles. The van der Waals surface area contributed by atoms with Crippen LogP contribution in [0, 0.1) is 11.7 Å². The van der Waals surface area contributed by atoms with E-state index >= 15 is 0 Å². The van der Waals surface area contributed by atoms with Gasteiger partial charge in [0, 0.05) is 13.1 Å². The minimum atomic E-state index is -0.484. The molecule has 4 nitrogen and oxygen atoms in total. The average Bonchev–Trinajstić information content (AvgIpc) is 3.03. The highest BCUT2D eigenvalue weighted by Gasteiger charge is 2.18. The molecule has 166 valence electrons. The molecule has 3 N–H and O–H groups in total. The summed E-state index contributed by atoms with van der Waals surface area (Å²) >= 11 is 6.47. The number of nitrogens with one attached hydrogen (secondary N) is 3. The topological polar surface area (TPSA) is 53.2 Å². The summed E-state index contributed by atoms with van der Waals surface area (Å²) in [6, 6.07) is 8.85. The predicted octanol–water partition coefficient (Wildman–Crippen LogP) is 5.09. The van der Waals surface area contributed by atoms with Crippen LogP contribution in [-0.4, -0.2) is 25.5 Å². The largest absolute Gasteiger partial charge is 0.380 e. The summed E-state index contributed by atoms with van der Waals surface area (Å²) < 4.78 is 14.7. The third kappa shape index (κ3) is 5.58. The molecule has 0 saturated heterocycles. The molecule has 1 amide bonds. The normalized spacial score (nSPS) is 17.0. The molecule has 1 aliphatic heterocycles. The number of carbonyl (C=O) groups excluding carboxylic acids is 1. The number of halogens is 2. The van der Waals surface area contributed by atoms with E-state index in [-0.39, 0.29) is 11.5 Å². The molecule has 1 saturated carbocycles. The standard InChI is InChI=1S/C25H31ClFN3O/c26-22-9-7-19-10-12-28-13-11-20(19)24(22)29-16-18-6-8-21(23(27)14-18)25(31)30-15-17-4-2-1-3-5-17/h6-9,14,17,28-29H,1-5,10-13,15-16H2,(H,30,31). The number of hydrogen-bond acceptors (Lipinski definition) is 3. The minimum Gasteiger partial charge on any atom is -0.380 e. The molecule has 0 atom stereocenters. The molecule has 6 heteroatoms. The molecule has 31 heavy (non-hydrogen) atoms. The molecule has 1 aliphatic carbocycles. The van der Waals surface area contributed by atoms with Crippen molar-refractivity contribution < 1.29 is 9.18 Å². The van der Waals surface area contributed by atoms with Gasteiger partial charge >= 0.3 is 0 Å². The fourth-order valence-corrected chi connectivity index (χ4v) is 4.95. The van der Waals surface area contributed by atoms with E-state index in [0.717, 1.165) is 50.0 Å². The van der Waals surface area contributed by atoms with Gasteiger partial charge in [-0.2, -0.15) is 0 Å². The van der Waals surface area contributed by atoms with Crippen molar-refractivity contribution >= 4 is 23.2 Å². The van der Waals surface area contributed by atoms with Gasteiger partial charge in [0.2, 0.25) is 0 Å². The molecule has 2 aromatic rings.